The van der Waals surface area contributed by atoms with Gasteiger partial charge in [0.05, 0.1) is 23.2 Å². The number of carbonyl (C=O) groups excluding carboxylic acids is 1. The number of rotatable bonds is 8. The fraction of sp³-hybridized carbons (Fsp3) is 0.444. The molecule has 0 radical (unpaired) electrons. The zero-order chi connectivity index (χ0) is 16.7. The van der Waals surface area contributed by atoms with Gasteiger partial charge in [0.15, 0.2) is 0 Å². The van der Waals surface area contributed by atoms with Gasteiger partial charge in [-0.15, -0.1) is 11.3 Å². The highest BCUT2D eigenvalue weighted by molar-refractivity contribution is 7.09. The van der Waals surface area contributed by atoms with Gasteiger partial charge < -0.3 is 10.4 Å². The summed E-state index contributed by atoms with van der Waals surface area (Å²) in [6.07, 6.45) is 1.46. The molecule has 2 atom stereocenters. The summed E-state index contributed by atoms with van der Waals surface area (Å²) in [6.45, 7) is 4.31. The van der Waals surface area contributed by atoms with E-state index in [9.17, 15) is 9.90 Å². The van der Waals surface area contributed by atoms with Crippen LogP contribution in [-0.4, -0.2) is 28.6 Å². The number of nitrogens with one attached hydrogen (secondary N) is 1. The first-order chi connectivity index (χ1) is 11.1. The average molecular weight is 332 g/mol. The predicted molar refractivity (Wildman–Crippen MR) is 93.5 cm³/mol. The van der Waals surface area contributed by atoms with Crippen molar-refractivity contribution in [3.63, 3.8) is 0 Å². The van der Waals surface area contributed by atoms with E-state index in [0.29, 0.717) is 6.54 Å². The van der Waals surface area contributed by atoms with E-state index in [4.69, 9.17) is 0 Å². The van der Waals surface area contributed by atoms with Crippen LogP contribution < -0.4 is 5.32 Å². The third-order valence-electron chi connectivity index (χ3n) is 3.95. The standard InChI is InChI=1S/C18H24N2O2S/c1-3-13(2)16(21)11-19-17(22)10-15-12-23-18(20-15)9-14-7-5-4-6-8-14/h4-8,12-13,16,21H,3,9-11H2,1-2H3,(H,19,22). The van der Waals surface area contributed by atoms with Crippen molar-refractivity contribution in [3.05, 3.63) is 52.0 Å². The molecule has 4 nitrogen and oxygen atoms in total. The largest absolute Gasteiger partial charge is 0.391 e. The number of nitrogens with zero attached hydrogens (tertiary/aromatic N) is 1. The molecular formula is C18H24N2O2S. The minimum Gasteiger partial charge on any atom is -0.391 e. The van der Waals surface area contributed by atoms with Crippen LogP contribution in [0, 0.1) is 5.92 Å². The Hall–Kier alpha value is -1.72. The van der Waals surface area contributed by atoms with E-state index >= 15 is 0 Å². The number of aliphatic hydroxyl groups is 1. The van der Waals surface area contributed by atoms with Gasteiger partial charge in [-0.3, -0.25) is 4.79 Å². The maximum atomic E-state index is 11.9. The molecule has 0 aliphatic carbocycles. The zero-order valence-electron chi connectivity index (χ0n) is 13.7. The van der Waals surface area contributed by atoms with Crippen LogP contribution in [0.15, 0.2) is 35.7 Å². The summed E-state index contributed by atoms with van der Waals surface area (Å²) in [5.74, 6) is 0.0935. The van der Waals surface area contributed by atoms with Crippen molar-refractivity contribution in [2.45, 2.75) is 39.2 Å². The van der Waals surface area contributed by atoms with Crippen LogP contribution in [-0.2, 0) is 17.6 Å². The van der Waals surface area contributed by atoms with Crippen LogP contribution in [0.4, 0.5) is 0 Å². The molecule has 1 heterocycles. The van der Waals surface area contributed by atoms with Gasteiger partial charge in [0.25, 0.3) is 0 Å². The molecule has 1 aromatic carbocycles. The van der Waals surface area contributed by atoms with E-state index in [1.165, 1.54) is 5.56 Å². The Bertz CT molecular complexity index is 612. The molecule has 0 spiro atoms. The van der Waals surface area contributed by atoms with Gasteiger partial charge in [-0.2, -0.15) is 0 Å². The maximum Gasteiger partial charge on any atom is 0.226 e. The molecule has 1 aromatic heterocycles. The number of hydrogen-bond acceptors (Lipinski definition) is 4. The molecule has 0 saturated heterocycles. The number of aromatic nitrogens is 1. The lowest BCUT2D eigenvalue weighted by Crippen LogP contribution is -2.36. The van der Waals surface area contributed by atoms with Crippen molar-refractivity contribution < 1.29 is 9.90 Å². The Balaban J connectivity index is 1.81. The fourth-order valence-corrected chi connectivity index (χ4v) is 3.03. The van der Waals surface area contributed by atoms with E-state index in [0.717, 1.165) is 23.5 Å². The summed E-state index contributed by atoms with van der Waals surface area (Å²) in [6, 6.07) is 10.2. The van der Waals surface area contributed by atoms with Crippen LogP contribution in [0.5, 0.6) is 0 Å². The predicted octanol–water partition coefficient (Wildman–Crippen LogP) is 2.80. The number of carbonyl (C=O) groups is 1. The monoisotopic (exact) mass is 332 g/mol. The molecule has 2 rings (SSSR count). The highest BCUT2D eigenvalue weighted by atomic mass is 32.1. The highest BCUT2D eigenvalue weighted by Gasteiger charge is 2.14. The highest BCUT2D eigenvalue weighted by Crippen LogP contribution is 2.15. The SMILES string of the molecule is CCC(C)C(O)CNC(=O)Cc1csc(Cc2ccccc2)n1. The molecule has 1 amide bonds. The van der Waals surface area contributed by atoms with Gasteiger partial charge >= 0.3 is 0 Å². The Morgan fingerprint density at radius 2 is 2.09 bits per heavy atom. The third kappa shape index (κ3) is 5.77. The number of aliphatic hydroxyl groups excluding tert-OH is 1. The molecule has 0 fully saturated rings. The second-order valence-electron chi connectivity index (χ2n) is 5.83. The number of benzene rings is 1. The third-order valence-corrected chi connectivity index (χ3v) is 4.85. The Labute approximate surface area is 141 Å². The minimum atomic E-state index is -0.493. The van der Waals surface area contributed by atoms with Crippen molar-refractivity contribution >= 4 is 17.2 Å². The molecule has 0 aliphatic heterocycles. The van der Waals surface area contributed by atoms with Crippen molar-refractivity contribution in [2.24, 2.45) is 5.92 Å². The van der Waals surface area contributed by atoms with Crippen LogP contribution in [0.1, 0.15) is 36.5 Å². The summed E-state index contributed by atoms with van der Waals surface area (Å²) >= 11 is 1.58. The van der Waals surface area contributed by atoms with Crippen LogP contribution >= 0.6 is 11.3 Å². The normalized spacial score (nSPS) is 13.5. The van der Waals surface area contributed by atoms with Crippen molar-refractivity contribution in [1.29, 1.82) is 0 Å². The van der Waals surface area contributed by atoms with Crippen molar-refractivity contribution in [2.75, 3.05) is 6.54 Å². The molecule has 124 valence electrons. The second kappa shape index (κ2) is 8.79. The summed E-state index contributed by atoms with van der Waals surface area (Å²) in [7, 11) is 0. The average Bonchev–Trinajstić information content (AvgIpc) is 2.99. The Kier molecular flexibility index (Phi) is 6.74. The van der Waals surface area contributed by atoms with Gasteiger partial charge in [0.2, 0.25) is 5.91 Å². The van der Waals surface area contributed by atoms with Crippen LogP contribution in [0.25, 0.3) is 0 Å². The summed E-state index contributed by atoms with van der Waals surface area (Å²) in [5, 5.41) is 15.6. The molecule has 0 saturated carbocycles. The molecule has 0 bridgehead atoms. The molecule has 0 aliphatic rings. The molecule has 2 unspecified atom stereocenters. The van der Waals surface area contributed by atoms with E-state index in [1.54, 1.807) is 11.3 Å². The van der Waals surface area contributed by atoms with Gasteiger partial charge in [0, 0.05) is 18.3 Å². The first-order valence-electron chi connectivity index (χ1n) is 8.00. The molecular weight excluding hydrogens is 308 g/mol. The number of amides is 1. The lowest BCUT2D eigenvalue weighted by atomic mass is 10.0. The van der Waals surface area contributed by atoms with Crippen molar-refractivity contribution in [1.82, 2.24) is 10.3 Å². The molecule has 23 heavy (non-hydrogen) atoms. The summed E-state index contributed by atoms with van der Waals surface area (Å²) in [5.41, 5.74) is 2.01. The van der Waals surface area contributed by atoms with Crippen LogP contribution in [0.2, 0.25) is 0 Å². The lowest BCUT2D eigenvalue weighted by Gasteiger charge is -2.17. The zero-order valence-corrected chi connectivity index (χ0v) is 14.5. The van der Waals surface area contributed by atoms with Crippen LogP contribution in [0.3, 0.4) is 0 Å². The van der Waals surface area contributed by atoms with E-state index in [1.807, 2.05) is 37.4 Å². The second-order valence-corrected chi connectivity index (χ2v) is 6.77. The fourth-order valence-electron chi connectivity index (χ4n) is 2.20. The van der Waals surface area contributed by atoms with E-state index in [-0.39, 0.29) is 18.2 Å². The Morgan fingerprint density at radius 1 is 1.35 bits per heavy atom. The molecule has 2 aromatic rings. The lowest BCUT2D eigenvalue weighted by molar-refractivity contribution is -0.121. The minimum absolute atomic E-state index is 0.0936. The topological polar surface area (TPSA) is 62.2 Å². The molecule has 2 N–H and O–H groups in total. The Morgan fingerprint density at radius 3 is 2.78 bits per heavy atom. The van der Waals surface area contributed by atoms with Gasteiger partial charge in [-0.1, -0.05) is 50.6 Å². The number of hydrogen-bond donors (Lipinski definition) is 2. The smallest absolute Gasteiger partial charge is 0.226 e. The van der Waals surface area contributed by atoms with Gasteiger partial charge in [0.1, 0.15) is 0 Å². The van der Waals surface area contributed by atoms with Crippen molar-refractivity contribution in [3.8, 4) is 0 Å². The maximum absolute atomic E-state index is 11.9. The van der Waals surface area contributed by atoms with E-state index in [2.05, 4.69) is 22.4 Å². The summed E-state index contributed by atoms with van der Waals surface area (Å²) < 4.78 is 0. The summed E-state index contributed by atoms with van der Waals surface area (Å²) in [4.78, 5) is 16.5. The van der Waals surface area contributed by atoms with Gasteiger partial charge in [-0.25, -0.2) is 4.98 Å². The van der Waals surface area contributed by atoms with Gasteiger partial charge in [-0.05, 0) is 11.5 Å². The first-order valence-corrected chi connectivity index (χ1v) is 8.88. The molecule has 5 heteroatoms. The quantitative estimate of drug-likeness (QED) is 0.781. The first kappa shape index (κ1) is 17.6. The number of thiazole rings is 1. The van der Waals surface area contributed by atoms with E-state index < -0.39 is 6.10 Å².